The van der Waals surface area contributed by atoms with Crippen molar-refractivity contribution in [2.45, 2.75) is 38.3 Å². The molecule has 0 radical (unpaired) electrons. The summed E-state index contributed by atoms with van der Waals surface area (Å²) < 4.78 is 0.945. The Bertz CT molecular complexity index is 1050. The van der Waals surface area contributed by atoms with Gasteiger partial charge in [-0.2, -0.15) is 10.2 Å². The maximum absolute atomic E-state index is 13.6. The van der Waals surface area contributed by atoms with Gasteiger partial charge in [-0.25, -0.2) is 9.97 Å². The topological polar surface area (TPSA) is 88.8 Å². The normalized spacial score (nSPS) is 22.9. The number of aromatic nitrogens is 5. The first kappa shape index (κ1) is 19.2. The first-order valence-electron chi connectivity index (χ1n) is 10.1. The Kier molecular flexibility index (Phi) is 4.98. The van der Waals surface area contributed by atoms with Crippen LogP contribution >= 0.6 is 15.9 Å². The van der Waals surface area contributed by atoms with Crippen molar-refractivity contribution in [3.63, 3.8) is 0 Å². The van der Waals surface area contributed by atoms with Gasteiger partial charge in [-0.05, 0) is 72.3 Å². The number of halogens is 1. The fourth-order valence-electron chi connectivity index (χ4n) is 4.58. The van der Waals surface area contributed by atoms with E-state index in [1.165, 1.54) is 4.80 Å². The summed E-state index contributed by atoms with van der Waals surface area (Å²) in [6, 6.07) is 7.95. The van der Waals surface area contributed by atoms with Gasteiger partial charge in [-0.15, -0.1) is 4.80 Å². The molecule has 154 valence electrons. The van der Waals surface area contributed by atoms with Gasteiger partial charge in [0.05, 0.1) is 18.4 Å². The summed E-state index contributed by atoms with van der Waals surface area (Å²) in [5, 5.41) is 12.0. The Morgan fingerprint density at radius 3 is 2.73 bits per heavy atom. The highest BCUT2D eigenvalue weighted by Crippen LogP contribution is 2.37. The molecule has 3 aromatic heterocycles. The van der Waals surface area contributed by atoms with Crippen molar-refractivity contribution in [1.82, 2.24) is 29.9 Å². The molecule has 1 amide bonds. The fraction of sp³-hybridized carbons (Fsp3) is 0.381. The Hall–Kier alpha value is -2.81. The molecule has 3 aromatic rings. The molecule has 1 saturated carbocycles. The highest BCUT2D eigenvalue weighted by molar-refractivity contribution is 9.10. The smallest absolute Gasteiger partial charge is 0.275 e. The molecule has 2 bridgehead atoms. The molecular formula is C21H22BrN7O. The minimum Gasteiger partial charge on any atom is -0.365 e. The van der Waals surface area contributed by atoms with Crippen LogP contribution in [0.1, 0.15) is 35.4 Å². The number of pyridine rings is 2. The third-order valence-electron chi connectivity index (χ3n) is 5.95. The molecule has 8 nitrogen and oxygen atoms in total. The van der Waals surface area contributed by atoms with Gasteiger partial charge in [-0.1, -0.05) is 0 Å². The second-order valence-electron chi connectivity index (χ2n) is 7.96. The largest absolute Gasteiger partial charge is 0.365 e. The molecule has 3 atom stereocenters. The van der Waals surface area contributed by atoms with Gasteiger partial charge in [0.2, 0.25) is 0 Å². The molecule has 2 aliphatic heterocycles. The average molecular weight is 468 g/mol. The molecule has 3 unspecified atom stereocenters. The van der Waals surface area contributed by atoms with Crippen molar-refractivity contribution in [3.8, 4) is 5.69 Å². The average Bonchev–Trinajstić information content (AvgIpc) is 3.30. The van der Waals surface area contributed by atoms with Gasteiger partial charge in [0.1, 0.15) is 11.5 Å². The van der Waals surface area contributed by atoms with Gasteiger partial charge < -0.3 is 10.2 Å². The number of nitrogens with zero attached hydrogens (tertiary/aromatic N) is 6. The van der Waals surface area contributed by atoms with Crippen LogP contribution in [0.25, 0.3) is 5.69 Å². The Labute approximate surface area is 182 Å². The summed E-state index contributed by atoms with van der Waals surface area (Å²) in [7, 11) is 0. The van der Waals surface area contributed by atoms with Crippen LogP contribution in [-0.4, -0.2) is 54.4 Å². The Balaban J connectivity index is 1.44. The maximum Gasteiger partial charge on any atom is 0.275 e. The van der Waals surface area contributed by atoms with E-state index >= 15 is 0 Å². The summed E-state index contributed by atoms with van der Waals surface area (Å²) in [4.78, 5) is 26.1. The van der Waals surface area contributed by atoms with Gasteiger partial charge in [0.25, 0.3) is 5.91 Å². The number of fused-ring (bicyclic) bond motifs is 3. The van der Waals surface area contributed by atoms with Crippen LogP contribution in [0.15, 0.2) is 47.3 Å². The van der Waals surface area contributed by atoms with Crippen LogP contribution in [-0.2, 0) is 0 Å². The number of piperidine rings is 2. The van der Waals surface area contributed by atoms with Crippen molar-refractivity contribution in [3.05, 3.63) is 58.7 Å². The van der Waals surface area contributed by atoms with Crippen molar-refractivity contribution >= 4 is 27.7 Å². The van der Waals surface area contributed by atoms with Crippen LogP contribution < -0.4 is 5.32 Å². The molecule has 30 heavy (non-hydrogen) atoms. The highest BCUT2D eigenvalue weighted by Gasteiger charge is 2.44. The number of hydrogen-bond donors (Lipinski definition) is 1. The predicted octanol–water partition coefficient (Wildman–Crippen LogP) is 3.23. The number of anilines is 1. The van der Waals surface area contributed by atoms with Crippen LogP contribution in [0.2, 0.25) is 0 Å². The van der Waals surface area contributed by atoms with Crippen LogP contribution in [0.4, 0.5) is 5.82 Å². The van der Waals surface area contributed by atoms with Gasteiger partial charge in [0, 0.05) is 29.0 Å². The van der Waals surface area contributed by atoms with Crippen molar-refractivity contribution < 1.29 is 4.79 Å². The monoisotopic (exact) mass is 467 g/mol. The number of hydrogen-bond acceptors (Lipinski definition) is 6. The molecule has 2 saturated heterocycles. The second kappa shape index (κ2) is 7.79. The molecule has 3 aliphatic rings. The summed E-state index contributed by atoms with van der Waals surface area (Å²) in [5.41, 5.74) is 1.81. The Morgan fingerprint density at radius 2 is 2.00 bits per heavy atom. The molecule has 3 fully saturated rings. The van der Waals surface area contributed by atoms with Gasteiger partial charge in [-0.3, -0.25) is 4.79 Å². The van der Waals surface area contributed by atoms with Crippen molar-refractivity contribution in [2.75, 3.05) is 11.9 Å². The van der Waals surface area contributed by atoms with E-state index in [1.807, 2.05) is 36.1 Å². The zero-order valence-electron chi connectivity index (χ0n) is 16.6. The maximum atomic E-state index is 13.6. The lowest BCUT2D eigenvalue weighted by Crippen LogP contribution is -2.60. The first-order valence-corrected chi connectivity index (χ1v) is 10.9. The summed E-state index contributed by atoms with van der Waals surface area (Å²) in [6.45, 7) is 2.65. The van der Waals surface area contributed by atoms with E-state index in [1.54, 1.807) is 18.6 Å². The van der Waals surface area contributed by atoms with Crippen LogP contribution in [0.3, 0.4) is 0 Å². The number of rotatable bonds is 4. The van der Waals surface area contributed by atoms with Crippen LogP contribution in [0.5, 0.6) is 0 Å². The minimum atomic E-state index is -0.0593. The SMILES string of the molecule is Cc1ccc(-n2nccn2)c(C(=O)N2CC3CCC2C(Nc2ccc(Br)cn2)C3)n1. The number of carbonyl (C=O) groups is 1. The van der Waals surface area contributed by atoms with Crippen molar-refractivity contribution in [1.29, 1.82) is 0 Å². The Morgan fingerprint density at radius 1 is 1.17 bits per heavy atom. The van der Waals surface area contributed by atoms with E-state index in [-0.39, 0.29) is 18.0 Å². The molecule has 0 aromatic carbocycles. The van der Waals surface area contributed by atoms with E-state index in [9.17, 15) is 4.79 Å². The lowest BCUT2D eigenvalue weighted by Gasteiger charge is -2.50. The van der Waals surface area contributed by atoms with E-state index in [0.717, 1.165) is 41.8 Å². The molecule has 1 N–H and O–H groups in total. The third-order valence-corrected chi connectivity index (χ3v) is 6.42. The quantitative estimate of drug-likeness (QED) is 0.633. The zero-order valence-corrected chi connectivity index (χ0v) is 18.2. The van der Waals surface area contributed by atoms with Crippen molar-refractivity contribution in [2.24, 2.45) is 5.92 Å². The van der Waals surface area contributed by atoms with Gasteiger partial charge >= 0.3 is 0 Å². The number of amides is 1. The summed E-state index contributed by atoms with van der Waals surface area (Å²) in [5.74, 6) is 1.25. The molecule has 9 heteroatoms. The fourth-order valence-corrected chi connectivity index (χ4v) is 4.81. The number of nitrogens with one attached hydrogen (secondary N) is 1. The number of aryl methyl sites for hydroxylation is 1. The molecule has 0 spiro atoms. The van der Waals surface area contributed by atoms with Gasteiger partial charge in [0.15, 0.2) is 5.69 Å². The summed E-state index contributed by atoms with van der Waals surface area (Å²) >= 11 is 3.42. The predicted molar refractivity (Wildman–Crippen MR) is 115 cm³/mol. The van der Waals surface area contributed by atoms with E-state index in [4.69, 9.17) is 0 Å². The lowest BCUT2D eigenvalue weighted by molar-refractivity contribution is 0.0276. The minimum absolute atomic E-state index is 0.0593. The van der Waals surface area contributed by atoms with E-state index < -0.39 is 0 Å². The van der Waals surface area contributed by atoms with E-state index in [2.05, 4.69) is 41.4 Å². The second-order valence-corrected chi connectivity index (χ2v) is 8.87. The molecule has 5 heterocycles. The highest BCUT2D eigenvalue weighted by atomic mass is 79.9. The first-order chi connectivity index (χ1) is 14.6. The molecule has 1 aliphatic carbocycles. The third kappa shape index (κ3) is 3.58. The lowest BCUT2D eigenvalue weighted by atomic mass is 9.76. The standard InChI is InChI=1S/C21H22BrN7O/c1-13-2-5-18(29-24-8-9-25-29)20(26-13)21(30)28-12-14-3-6-17(28)16(10-14)27-19-7-4-15(22)11-23-19/h2,4-5,7-9,11,14,16-17H,3,6,10,12H2,1H3,(H,23,27). The molecule has 6 rings (SSSR count). The van der Waals surface area contributed by atoms with E-state index in [0.29, 0.717) is 17.3 Å². The molecular weight excluding hydrogens is 446 g/mol. The zero-order chi connectivity index (χ0) is 20.7. The summed E-state index contributed by atoms with van der Waals surface area (Å²) in [6.07, 6.45) is 8.15. The number of carbonyl (C=O) groups excluding carboxylic acids is 1. The van der Waals surface area contributed by atoms with Crippen LogP contribution in [0, 0.1) is 12.8 Å².